The minimum atomic E-state index is -1.00. The largest absolute Gasteiger partial charge is 0.481 e. The van der Waals surface area contributed by atoms with E-state index in [9.17, 15) is 15.0 Å². The Labute approximate surface area is 236 Å². The van der Waals surface area contributed by atoms with Crippen molar-refractivity contribution in [2.24, 2.45) is 5.92 Å². The normalized spacial score (nSPS) is 24.4. The maximum absolute atomic E-state index is 12.0. The van der Waals surface area contributed by atoms with Crippen molar-refractivity contribution in [3.63, 3.8) is 0 Å². The van der Waals surface area contributed by atoms with Crippen molar-refractivity contribution in [2.75, 3.05) is 80.2 Å². The molecule has 0 saturated carbocycles. The van der Waals surface area contributed by atoms with Crippen molar-refractivity contribution in [1.82, 2.24) is 9.38 Å². The van der Waals surface area contributed by atoms with E-state index in [0.717, 1.165) is 42.1 Å². The van der Waals surface area contributed by atoms with Gasteiger partial charge in [0.1, 0.15) is 13.2 Å². The first-order valence-corrected chi connectivity index (χ1v) is 13.9. The van der Waals surface area contributed by atoms with E-state index in [4.69, 9.17) is 23.7 Å². The second kappa shape index (κ2) is 14.8. The van der Waals surface area contributed by atoms with E-state index in [1.807, 2.05) is 42.5 Å². The lowest BCUT2D eigenvalue weighted by Gasteiger charge is -2.45. The molecule has 10 heteroatoms. The summed E-state index contributed by atoms with van der Waals surface area (Å²) in [7, 11) is 3.35. The van der Waals surface area contributed by atoms with E-state index in [1.165, 1.54) is 4.90 Å². The third kappa shape index (κ3) is 7.31. The van der Waals surface area contributed by atoms with Gasteiger partial charge in [0.2, 0.25) is 0 Å². The van der Waals surface area contributed by atoms with Crippen LogP contribution in [0.15, 0.2) is 48.5 Å². The van der Waals surface area contributed by atoms with Crippen LogP contribution in [0.4, 0.5) is 10.5 Å². The van der Waals surface area contributed by atoms with E-state index in [-0.39, 0.29) is 31.5 Å². The number of quaternary nitrogens is 1. The average Bonchev–Trinajstić information content (AvgIpc) is 2.98. The molecule has 10 nitrogen and oxygen atoms in total. The fourth-order valence-corrected chi connectivity index (χ4v) is 5.85. The molecule has 0 bridgehead atoms. The minimum Gasteiger partial charge on any atom is -0.481 e. The maximum Gasteiger partial charge on any atom is 0.407 e. The van der Waals surface area contributed by atoms with Crippen LogP contribution in [0, 0.1) is 5.92 Å². The van der Waals surface area contributed by atoms with Gasteiger partial charge in [-0.2, -0.15) is 0 Å². The molecule has 220 valence electrons. The van der Waals surface area contributed by atoms with Crippen molar-refractivity contribution in [2.45, 2.75) is 25.0 Å². The van der Waals surface area contributed by atoms with E-state index < -0.39 is 12.2 Å². The number of ether oxygens (including phenoxy) is 5. The first kappa shape index (κ1) is 30.2. The molecule has 0 aromatic heterocycles. The number of carbonyl (C=O) groups is 1. The van der Waals surface area contributed by atoms with Gasteiger partial charge in [0.15, 0.2) is 18.2 Å². The van der Waals surface area contributed by atoms with Gasteiger partial charge in [-0.25, -0.2) is 4.79 Å². The molecule has 4 atom stereocenters. The Hall–Kier alpha value is -2.73. The molecule has 2 aromatic carbocycles. The Kier molecular flexibility index (Phi) is 11.2. The predicted octanol–water partition coefficient (Wildman–Crippen LogP) is 3.31. The van der Waals surface area contributed by atoms with Crippen LogP contribution in [0.2, 0.25) is 0 Å². The molecule has 0 spiro atoms. The van der Waals surface area contributed by atoms with Crippen molar-refractivity contribution < 1.29 is 38.7 Å². The van der Waals surface area contributed by atoms with Crippen LogP contribution in [0.3, 0.4) is 0 Å². The number of amides is 1. The Bertz CT molecular complexity index is 1070. The molecular weight excluding hydrogens is 516 g/mol. The van der Waals surface area contributed by atoms with E-state index in [2.05, 4.69) is 6.07 Å². The summed E-state index contributed by atoms with van der Waals surface area (Å²) in [5, 5.41) is 20.2. The molecule has 2 aliphatic heterocycles. The van der Waals surface area contributed by atoms with Gasteiger partial charge in [-0.05, 0) is 17.2 Å². The third-order valence-corrected chi connectivity index (χ3v) is 7.96. The second-order valence-electron chi connectivity index (χ2n) is 10.5. The number of aliphatic hydroxyl groups excluding tert-OH is 1. The summed E-state index contributed by atoms with van der Waals surface area (Å²) in [6.07, 6.45) is -0.593. The van der Waals surface area contributed by atoms with Gasteiger partial charge in [0, 0.05) is 51.7 Å². The Morgan fingerprint density at radius 1 is 1.05 bits per heavy atom. The molecule has 40 heavy (non-hydrogen) atoms. The molecule has 2 N–H and O–H groups in total. The molecule has 2 aliphatic rings. The number of hydrogen-bond acceptors (Lipinski definition) is 7. The predicted molar refractivity (Wildman–Crippen MR) is 151 cm³/mol. The average molecular weight is 560 g/mol. The van der Waals surface area contributed by atoms with Gasteiger partial charge in [-0.1, -0.05) is 36.4 Å². The highest BCUT2D eigenvalue weighted by atomic mass is 16.5. The van der Waals surface area contributed by atoms with Gasteiger partial charge < -0.3 is 38.8 Å². The molecule has 2 heterocycles. The van der Waals surface area contributed by atoms with Gasteiger partial charge >= 0.3 is 6.09 Å². The zero-order chi connectivity index (χ0) is 28.4. The number of fused-ring (bicyclic) bond motifs is 1. The van der Waals surface area contributed by atoms with Crippen LogP contribution >= 0.6 is 0 Å². The number of aliphatic hydroxyl groups is 1. The lowest BCUT2D eigenvalue weighted by atomic mass is 9.78. The second-order valence-corrected chi connectivity index (χ2v) is 10.5. The van der Waals surface area contributed by atoms with Gasteiger partial charge in [-0.15, -0.1) is 0 Å². The van der Waals surface area contributed by atoms with Crippen LogP contribution in [0.25, 0.3) is 0 Å². The van der Waals surface area contributed by atoms with Crippen molar-refractivity contribution in [3.05, 3.63) is 59.7 Å². The molecule has 1 unspecified atom stereocenters. The van der Waals surface area contributed by atoms with Crippen molar-refractivity contribution >= 4 is 11.8 Å². The first-order valence-electron chi connectivity index (χ1n) is 13.9. The lowest BCUT2D eigenvalue weighted by Crippen LogP contribution is -2.59. The summed E-state index contributed by atoms with van der Waals surface area (Å²) in [5.74, 6) is 0.385. The van der Waals surface area contributed by atoms with Crippen LogP contribution in [-0.4, -0.2) is 107 Å². The maximum atomic E-state index is 12.0. The smallest absolute Gasteiger partial charge is 0.407 e. The number of para-hydroxylation sites is 2. The summed E-state index contributed by atoms with van der Waals surface area (Å²) < 4.78 is 29.3. The summed E-state index contributed by atoms with van der Waals surface area (Å²) in [4.78, 5) is 13.4. The van der Waals surface area contributed by atoms with Crippen LogP contribution in [0.1, 0.15) is 23.5 Å². The Morgan fingerprint density at radius 3 is 2.55 bits per heavy atom. The van der Waals surface area contributed by atoms with Crippen LogP contribution < -0.4 is 9.22 Å². The quantitative estimate of drug-likeness (QED) is 0.268. The van der Waals surface area contributed by atoms with Gasteiger partial charge in [-0.3, -0.25) is 4.48 Å². The zero-order valence-corrected chi connectivity index (χ0v) is 23.6. The van der Waals surface area contributed by atoms with E-state index in [0.29, 0.717) is 44.2 Å². The number of hydrogen-bond donors (Lipinski definition) is 2. The summed E-state index contributed by atoms with van der Waals surface area (Å²) in [5.41, 5.74) is 3.11. The van der Waals surface area contributed by atoms with Crippen LogP contribution in [-0.2, 0) is 25.6 Å². The molecule has 1 saturated heterocycles. The van der Waals surface area contributed by atoms with Gasteiger partial charge in [0.05, 0.1) is 45.6 Å². The molecule has 1 amide bonds. The van der Waals surface area contributed by atoms with Crippen LogP contribution in [0.5, 0.6) is 5.75 Å². The number of likely N-dealkylation sites (tertiary alicyclic amines) is 1. The molecule has 4 rings (SSSR count). The fourth-order valence-electron chi connectivity index (χ4n) is 5.85. The van der Waals surface area contributed by atoms with E-state index >= 15 is 0 Å². The van der Waals surface area contributed by atoms with Gasteiger partial charge in [0.25, 0.3) is 0 Å². The monoisotopic (exact) mass is 559 g/mol. The SMILES string of the molecule is COCCC[N+]1(CO[C@H]2CN(C(=O)O)C[C@@H](CO)[C@@H]2c2ccc(COCCOC)cc2)CCOc2ccccc21. The minimum absolute atomic E-state index is 0.138. The van der Waals surface area contributed by atoms with Crippen molar-refractivity contribution in [1.29, 1.82) is 0 Å². The first-order chi connectivity index (χ1) is 19.5. The number of rotatable bonds is 14. The molecule has 2 aromatic rings. The lowest BCUT2D eigenvalue weighted by molar-refractivity contribution is -0.0808. The summed E-state index contributed by atoms with van der Waals surface area (Å²) in [6, 6.07) is 16.2. The van der Waals surface area contributed by atoms with E-state index in [1.54, 1.807) is 14.2 Å². The number of piperidine rings is 1. The number of carboxylic acid groups (broad SMARTS) is 1. The Balaban J connectivity index is 1.58. The highest BCUT2D eigenvalue weighted by Crippen LogP contribution is 2.39. The molecule has 0 radical (unpaired) electrons. The van der Waals surface area contributed by atoms with Crippen molar-refractivity contribution in [3.8, 4) is 5.75 Å². The highest BCUT2D eigenvalue weighted by molar-refractivity contribution is 5.65. The summed E-state index contributed by atoms with van der Waals surface area (Å²) in [6.45, 7) is 4.99. The number of nitrogens with zero attached hydrogens (tertiary/aromatic N) is 2. The number of benzene rings is 2. The summed E-state index contributed by atoms with van der Waals surface area (Å²) >= 11 is 0. The number of methoxy groups -OCH3 is 2. The topological polar surface area (TPSA) is 107 Å². The molecule has 0 aliphatic carbocycles. The highest BCUT2D eigenvalue weighted by Gasteiger charge is 2.43. The molecular formula is C30H43N2O8+. The fraction of sp³-hybridized carbons (Fsp3) is 0.567. The Morgan fingerprint density at radius 2 is 1.82 bits per heavy atom. The zero-order valence-electron chi connectivity index (χ0n) is 23.6. The standard InChI is InChI=1S/C30H42N2O8/c1-36-14-5-12-32(13-15-39-27-7-4-3-6-26(27)32)22-40-28-19-31(30(34)35)18-25(20-33)29(28)24-10-8-23(9-11-24)21-38-17-16-37-2/h3-4,6-11,25,28-29,33H,5,12-22H2,1-2H3/p+1/t25-,28-,29-,32?/m0/s1. The third-order valence-electron chi connectivity index (χ3n) is 7.96. The molecule has 1 fully saturated rings.